The van der Waals surface area contributed by atoms with Crippen LogP contribution >= 0.6 is 0 Å². The number of aromatic amines is 1. The Morgan fingerprint density at radius 3 is 2.63 bits per heavy atom. The van der Waals surface area contributed by atoms with E-state index < -0.39 is 0 Å². The molecule has 0 fully saturated rings. The number of aliphatic hydroxyl groups excluding tert-OH is 1. The molecule has 0 aliphatic carbocycles. The second-order valence-electron chi connectivity index (χ2n) is 3.82. The number of nitrogens with zero attached hydrogens (tertiary/aromatic N) is 2. The molecule has 2 N–H and O–H groups in total. The summed E-state index contributed by atoms with van der Waals surface area (Å²) < 4.78 is 0. The molecule has 0 spiro atoms. The molecule has 3 aromatic rings. The van der Waals surface area contributed by atoms with Crippen LogP contribution in [0.4, 0.5) is 0 Å². The molecule has 0 saturated heterocycles. The van der Waals surface area contributed by atoms with Crippen LogP contribution in [0.1, 0.15) is 5.82 Å². The van der Waals surface area contributed by atoms with Gasteiger partial charge >= 0.3 is 0 Å². The highest BCUT2D eigenvalue weighted by atomic mass is 16.2. The summed E-state index contributed by atoms with van der Waals surface area (Å²) in [5, 5.41) is 9.44. The van der Waals surface area contributed by atoms with E-state index in [9.17, 15) is 0 Å². The van der Waals surface area contributed by atoms with Gasteiger partial charge in [-0.3, -0.25) is 4.98 Å². The van der Waals surface area contributed by atoms with Gasteiger partial charge in [0.2, 0.25) is 0 Å². The first-order valence-electron chi connectivity index (χ1n) is 5.97. The first kappa shape index (κ1) is 12.8. The number of hydrogen-bond donors (Lipinski definition) is 2. The summed E-state index contributed by atoms with van der Waals surface area (Å²) in [6.07, 6.45) is 8.54. The second kappa shape index (κ2) is 6.96. The van der Waals surface area contributed by atoms with Crippen molar-refractivity contribution >= 4 is 10.9 Å². The van der Waals surface area contributed by atoms with Crippen molar-refractivity contribution < 1.29 is 5.11 Å². The summed E-state index contributed by atoms with van der Waals surface area (Å²) >= 11 is 0. The Bertz CT molecular complexity index is 567. The summed E-state index contributed by atoms with van der Waals surface area (Å²) in [5.41, 5.74) is 1.06. The molecule has 0 aliphatic rings. The van der Waals surface area contributed by atoms with Gasteiger partial charge in [-0.15, -0.1) is 0 Å². The molecular formula is C15H15N3O. The number of aliphatic hydroxyl groups is 1. The van der Waals surface area contributed by atoms with Crippen molar-refractivity contribution in [3.05, 3.63) is 73.2 Å². The van der Waals surface area contributed by atoms with Gasteiger partial charge in [0.05, 0.1) is 11.8 Å². The van der Waals surface area contributed by atoms with Gasteiger partial charge in [0.25, 0.3) is 0 Å². The van der Waals surface area contributed by atoms with E-state index in [1.165, 1.54) is 5.39 Å². The SMILES string of the molecule is OC=CCc1ncc[nH]1.c1ccc2ncccc2c1. The van der Waals surface area contributed by atoms with E-state index in [0.29, 0.717) is 6.42 Å². The lowest BCUT2D eigenvalue weighted by molar-refractivity contribution is 0.471. The van der Waals surface area contributed by atoms with Crippen molar-refractivity contribution in [1.82, 2.24) is 15.0 Å². The molecule has 0 radical (unpaired) electrons. The number of benzene rings is 1. The normalized spacial score (nSPS) is 10.3. The number of aromatic nitrogens is 3. The number of pyridine rings is 1. The molecule has 2 aromatic heterocycles. The Hall–Kier alpha value is -2.62. The Balaban J connectivity index is 0.000000141. The summed E-state index contributed by atoms with van der Waals surface area (Å²) in [7, 11) is 0. The van der Waals surface area contributed by atoms with Gasteiger partial charge in [-0.2, -0.15) is 0 Å². The van der Waals surface area contributed by atoms with Gasteiger partial charge in [-0.25, -0.2) is 4.98 Å². The largest absolute Gasteiger partial charge is 0.516 e. The molecule has 0 amide bonds. The van der Waals surface area contributed by atoms with Gasteiger partial charge in [-0.05, 0) is 18.2 Å². The number of para-hydroxylation sites is 1. The van der Waals surface area contributed by atoms with Crippen LogP contribution in [0.2, 0.25) is 0 Å². The van der Waals surface area contributed by atoms with Crippen LogP contribution in [0.15, 0.2) is 67.3 Å². The van der Waals surface area contributed by atoms with Crippen molar-refractivity contribution in [1.29, 1.82) is 0 Å². The topological polar surface area (TPSA) is 61.8 Å². The fourth-order valence-corrected chi connectivity index (χ4v) is 1.59. The highest BCUT2D eigenvalue weighted by Crippen LogP contribution is 2.07. The third-order valence-electron chi connectivity index (χ3n) is 2.48. The standard InChI is InChI=1S/C9H7N.C6H8N2O/c1-2-6-9-8(4-1)5-3-7-10-9;9-5-1-2-6-7-3-4-8-6/h1-7H;1,3-5,9H,2H2,(H,7,8). The number of imidazole rings is 1. The number of allylic oxidation sites excluding steroid dienone is 1. The molecule has 2 heterocycles. The molecule has 0 unspecified atom stereocenters. The zero-order valence-corrected chi connectivity index (χ0v) is 10.4. The van der Waals surface area contributed by atoms with E-state index in [0.717, 1.165) is 17.6 Å². The Morgan fingerprint density at radius 2 is 1.89 bits per heavy atom. The van der Waals surface area contributed by atoms with E-state index in [4.69, 9.17) is 5.11 Å². The lowest BCUT2D eigenvalue weighted by Crippen LogP contribution is -1.81. The monoisotopic (exact) mass is 253 g/mol. The average Bonchev–Trinajstić information content (AvgIpc) is 2.99. The average molecular weight is 253 g/mol. The number of rotatable bonds is 2. The van der Waals surface area contributed by atoms with Crippen LogP contribution < -0.4 is 0 Å². The minimum absolute atomic E-state index is 0.656. The molecule has 1 aromatic carbocycles. The summed E-state index contributed by atoms with van der Waals surface area (Å²) in [4.78, 5) is 11.0. The van der Waals surface area contributed by atoms with Crippen molar-refractivity contribution in [2.24, 2.45) is 0 Å². The highest BCUT2D eigenvalue weighted by Gasteiger charge is 1.87. The highest BCUT2D eigenvalue weighted by molar-refractivity contribution is 5.77. The number of nitrogens with one attached hydrogen (secondary N) is 1. The van der Waals surface area contributed by atoms with Gasteiger partial charge in [-0.1, -0.05) is 24.3 Å². The van der Waals surface area contributed by atoms with Gasteiger partial charge < -0.3 is 10.1 Å². The Labute approximate surface area is 111 Å². The van der Waals surface area contributed by atoms with Crippen LogP contribution in [0, 0.1) is 0 Å². The Kier molecular flexibility index (Phi) is 4.70. The maximum Gasteiger partial charge on any atom is 0.109 e. The van der Waals surface area contributed by atoms with Crippen LogP contribution in [-0.4, -0.2) is 20.1 Å². The first-order valence-corrected chi connectivity index (χ1v) is 5.97. The summed E-state index contributed by atoms with van der Waals surface area (Å²) in [6, 6.07) is 12.1. The Morgan fingerprint density at radius 1 is 1.05 bits per heavy atom. The molecule has 4 heteroatoms. The molecule has 0 saturated carbocycles. The maximum absolute atomic E-state index is 8.24. The van der Waals surface area contributed by atoms with E-state index in [2.05, 4.69) is 27.1 Å². The zero-order chi connectivity index (χ0) is 13.3. The van der Waals surface area contributed by atoms with Gasteiger partial charge in [0.1, 0.15) is 5.82 Å². The molecule has 3 rings (SSSR count). The third-order valence-corrected chi connectivity index (χ3v) is 2.48. The minimum atomic E-state index is 0.656. The van der Waals surface area contributed by atoms with Crippen molar-refractivity contribution in [3.63, 3.8) is 0 Å². The predicted octanol–water partition coefficient (Wildman–Crippen LogP) is 3.26. The zero-order valence-electron chi connectivity index (χ0n) is 10.4. The second-order valence-corrected chi connectivity index (χ2v) is 3.82. The molecule has 4 nitrogen and oxygen atoms in total. The first-order chi connectivity index (χ1) is 9.40. The van der Waals surface area contributed by atoms with Crippen molar-refractivity contribution in [2.75, 3.05) is 0 Å². The van der Waals surface area contributed by atoms with Crippen LogP contribution in [0.3, 0.4) is 0 Å². The smallest absolute Gasteiger partial charge is 0.109 e. The molecule has 0 atom stereocenters. The van der Waals surface area contributed by atoms with Crippen LogP contribution in [0.25, 0.3) is 10.9 Å². The maximum atomic E-state index is 8.24. The lowest BCUT2D eigenvalue weighted by Gasteiger charge is -1.91. The number of fused-ring (bicyclic) bond motifs is 1. The van der Waals surface area contributed by atoms with E-state index in [1.54, 1.807) is 18.5 Å². The molecule has 96 valence electrons. The predicted molar refractivity (Wildman–Crippen MR) is 75.8 cm³/mol. The van der Waals surface area contributed by atoms with Gasteiger partial charge in [0, 0.05) is 30.4 Å². The van der Waals surface area contributed by atoms with Gasteiger partial charge in [0.15, 0.2) is 0 Å². The number of H-pyrrole nitrogens is 1. The molecule has 0 aliphatic heterocycles. The van der Waals surface area contributed by atoms with E-state index >= 15 is 0 Å². The third kappa shape index (κ3) is 3.96. The summed E-state index contributed by atoms with van der Waals surface area (Å²) in [6.45, 7) is 0. The van der Waals surface area contributed by atoms with Crippen LogP contribution in [-0.2, 0) is 6.42 Å². The van der Waals surface area contributed by atoms with E-state index in [1.807, 2.05) is 30.5 Å². The van der Waals surface area contributed by atoms with Crippen molar-refractivity contribution in [2.45, 2.75) is 6.42 Å². The van der Waals surface area contributed by atoms with E-state index in [-0.39, 0.29) is 0 Å². The fourth-order valence-electron chi connectivity index (χ4n) is 1.59. The lowest BCUT2D eigenvalue weighted by atomic mass is 10.2. The fraction of sp³-hybridized carbons (Fsp3) is 0.0667. The molecule has 0 bridgehead atoms. The molecular weight excluding hydrogens is 238 g/mol. The van der Waals surface area contributed by atoms with Crippen LogP contribution in [0.5, 0.6) is 0 Å². The molecule has 19 heavy (non-hydrogen) atoms. The van der Waals surface area contributed by atoms with Crippen molar-refractivity contribution in [3.8, 4) is 0 Å². The number of hydrogen-bond acceptors (Lipinski definition) is 3. The quantitative estimate of drug-likeness (QED) is 0.689. The summed E-state index contributed by atoms with van der Waals surface area (Å²) in [5.74, 6) is 0.861. The minimum Gasteiger partial charge on any atom is -0.516 e.